The molecule has 21 heavy (non-hydrogen) atoms. The molecule has 1 heterocycles. The van der Waals surface area contributed by atoms with Crippen LogP contribution in [0, 0.1) is 21.8 Å². The van der Waals surface area contributed by atoms with Gasteiger partial charge in [-0.25, -0.2) is 4.39 Å². The molecule has 1 atom stereocenters. The van der Waals surface area contributed by atoms with Crippen molar-refractivity contribution in [1.29, 1.82) is 0 Å². The molecule has 1 aromatic carbocycles. The topological polar surface area (TPSA) is 58.4 Å². The fraction of sp³-hybridized carbons (Fsp3) is 0.600. The number of halogens is 1. The summed E-state index contributed by atoms with van der Waals surface area (Å²) >= 11 is 0. The van der Waals surface area contributed by atoms with E-state index in [1.54, 1.807) is 0 Å². The van der Waals surface area contributed by atoms with Gasteiger partial charge in [0.05, 0.1) is 16.7 Å². The Balaban J connectivity index is 1.83. The molecular weight excluding hydrogens is 273 g/mol. The maximum absolute atomic E-state index is 13.7. The van der Waals surface area contributed by atoms with E-state index < -0.39 is 10.7 Å². The third-order valence-electron chi connectivity index (χ3n) is 3.82. The molecule has 1 saturated heterocycles. The molecule has 0 amide bonds. The first-order valence-corrected chi connectivity index (χ1v) is 7.46. The number of anilines is 1. The highest BCUT2D eigenvalue weighted by molar-refractivity contribution is 5.50. The number of benzene rings is 1. The van der Waals surface area contributed by atoms with Crippen LogP contribution in [0.5, 0.6) is 0 Å². The van der Waals surface area contributed by atoms with Gasteiger partial charge in [0.2, 0.25) is 0 Å². The van der Waals surface area contributed by atoms with Gasteiger partial charge in [0.15, 0.2) is 5.82 Å². The van der Waals surface area contributed by atoms with Crippen LogP contribution >= 0.6 is 0 Å². The maximum atomic E-state index is 13.7. The van der Waals surface area contributed by atoms with Gasteiger partial charge in [-0.15, -0.1) is 0 Å². The van der Waals surface area contributed by atoms with E-state index in [1.807, 2.05) is 0 Å². The minimum absolute atomic E-state index is 0.223. The van der Waals surface area contributed by atoms with Gasteiger partial charge >= 0.3 is 0 Å². The number of non-ortho nitro benzene ring substituents is 1. The normalized spacial score (nSPS) is 17.4. The smallest absolute Gasteiger partial charge is 0.272 e. The molecule has 1 fully saturated rings. The number of rotatable bonds is 6. The fourth-order valence-corrected chi connectivity index (χ4v) is 2.69. The van der Waals surface area contributed by atoms with Gasteiger partial charge in [0.25, 0.3) is 5.69 Å². The predicted molar refractivity (Wildman–Crippen MR) is 81.0 cm³/mol. The molecule has 0 radical (unpaired) electrons. The van der Waals surface area contributed by atoms with Crippen molar-refractivity contribution >= 4 is 11.4 Å². The van der Waals surface area contributed by atoms with Crippen molar-refractivity contribution in [2.75, 3.05) is 31.5 Å². The molecular formula is C15H22FN3O2. The van der Waals surface area contributed by atoms with E-state index in [9.17, 15) is 14.5 Å². The lowest BCUT2D eigenvalue weighted by molar-refractivity contribution is -0.385. The van der Waals surface area contributed by atoms with Crippen LogP contribution in [0.15, 0.2) is 18.2 Å². The van der Waals surface area contributed by atoms with Gasteiger partial charge in [-0.05, 0) is 37.9 Å². The minimum atomic E-state index is -0.591. The second kappa shape index (κ2) is 7.36. The van der Waals surface area contributed by atoms with Gasteiger partial charge in [-0.2, -0.15) is 0 Å². The summed E-state index contributed by atoms with van der Waals surface area (Å²) in [4.78, 5) is 12.4. The summed E-state index contributed by atoms with van der Waals surface area (Å²) in [6, 6.07) is 3.71. The fourth-order valence-electron chi connectivity index (χ4n) is 2.69. The molecule has 0 bridgehead atoms. The summed E-state index contributed by atoms with van der Waals surface area (Å²) in [7, 11) is 0. The number of nitro benzene ring substituents is 1. The molecule has 1 N–H and O–H groups in total. The summed E-state index contributed by atoms with van der Waals surface area (Å²) in [5.41, 5.74) is 0.102. The van der Waals surface area contributed by atoms with Crippen molar-refractivity contribution in [3.8, 4) is 0 Å². The zero-order valence-electron chi connectivity index (χ0n) is 12.3. The van der Waals surface area contributed by atoms with Gasteiger partial charge in [0, 0.05) is 19.2 Å². The first-order chi connectivity index (χ1) is 10.1. The molecule has 1 aliphatic heterocycles. The lowest BCUT2D eigenvalue weighted by atomic mass is 10.1. The Morgan fingerprint density at radius 2 is 2.10 bits per heavy atom. The van der Waals surface area contributed by atoms with E-state index in [0.29, 0.717) is 18.2 Å². The number of nitrogens with one attached hydrogen (secondary N) is 1. The number of likely N-dealkylation sites (tertiary alicyclic amines) is 1. The molecule has 0 aromatic heterocycles. The Labute approximate surface area is 124 Å². The number of nitro groups is 1. The van der Waals surface area contributed by atoms with Crippen LogP contribution < -0.4 is 5.32 Å². The highest BCUT2D eigenvalue weighted by Crippen LogP contribution is 2.21. The molecule has 116 valence electrons. The lowest BCUT2D eigenvalue weighted by Gasteiger charge is -2.29. The minimum Gasteiger partial charge on any atom is -0.382 e. The van der Waals surface area contributed by atoms with Crippen LogP contribution in [0.1, 0.15) is 26.2 Å². The first-order valence-electron chi connectivity index (χ1n) is 7.46. The van der Waals surface area contributed by atoms with E-state index in [1.165, 1.54) is 31.4 Å². The quantitative estimate of drug-likeness (QED) is 0.646. The van der Waals surface area contributed by atoms with Gasteiger partial charge in [0.1, 0.15) is 0 Å². The first kappa shape index (κ1) is 15.7. The van der Waals surface area contributed by atoms with Crippen molar-refractivity contribution < 1.29 is 9.31 Å². The van der Waals surface area contributed by atoms with E-state index in [-0.39, 0.29) is 5.69 Å². The third-order valence-corrected chi connectivity index (χ3v) is 3.82. The molecule has 0 spiro atoms. The zero-order chi connectivity index (χ0) is 15.2. The molecule has 1 aliphatic rings. The highest BCUT2D eigenvalue weighted by Gasteiger charge is 2.14. The van der Waals surface area contributed by atoms with Crippen LogP contribution in [-0.2, 0) is 0 Å². The SMILES string of the molecule is CC(CNc1ccc([N+](=O)[O-])cc1F)CN1CCCCC1. The monoisotopic (exact) mass is 295 g/mol. The zero-order valence-corrected chi connectivity index (χ0v) is 12.3. The lowest BCUT2D eigenvalue weighted by Crippen LogP contribution is -2.35. The van der Waals surface area contributed by atoms with E-state index in [2.05, 4.69) is 17.1 Å². The second-order valence-electron chi connectivity index (χ2n) is 5.77. The van der Waals surface area contributed by atoms with Gasteiger partial charge in [-0.3, -0.25) is 10.1 Å². The molecule has 1 unspecified atom stereocenters. The van der Waals surface area contributed by atoms with Crippen LogP contribution in [-0.4, -0.2) is 36.0 Å². The average molecular weight is 295 g/mol. The summed E-state index contributed by atoms with van der Waals surface area (Å²) in [5, 5.41) is 13.6. The van der Waals surface area contributed by atoms with Crippen molar-refractivity contribution in [1.82, 2.24) is 4.90 Å². The summed E-state index contributed by atoms with van der Waals surface area (Å²) in [6.07, 6.45) is 3.84. The average Bonchev–Trinajstić information content (AvgIpc) is 2.47. The third kappa shape index (κ3) is 4.67. The van der Waals surface area contributed by atoms with Gasteiger partial charge in [-0.1, -0.05) is 13.3 Å². The predicted octanol–water partition coefficient (Wildman–Crippen LogP) is 3.27. The Kier molecular flexibility index (Phi) is 5.50. The molecule has 0 saturated carbocycles. The van der Waals surface area contributed by atoms with Crippen molar-refractivity contribution in [3.05, 3.63) is 34.1 Å². The largest absolute Gasteiger partial charge is 0.382 e. The van der Waals surface area contributed by atoms with Crippen molar-refractivity contribution in [2.45, 2.75) is 26.2 Å². The molecule has 2 rings (SSSR count). The van der Waals surface area contributed by atoms with Crippen LogP contribution in [0.4, 0.5) is 15.8 Å². The van der Waals surface area contributed by atoms with Crippen LogP contribution in [0.25, 0.3) is 0 Å². The Bertz CT molecular complexity index is 490. The maximum Gasteiger partial charge on any atom is 0.272 e. The Morgan fingerprint density at radius 1 is 1.38 bits per heavy atom. The number of hydrogen-bond acceptors (Lipinski definition) is 4. The standard InChI is InChI=1S/C15H22FN3O2/c1-12(11-18-7-3-2-4-8-18)10-17-15-6-5-13(19(20)21)9-14(15)16/h5-6,9,12,17H,2-4,7-8,10-11H2,1H3. The van der Waals surface area contributed by atoms with Gasteiger partial charge < -0.3 is 10.2 Å². The van der Waals surface area contributed by atoms with E-state index in [4.69, 9.17) is 0 Å². The number of piperidine rings is 1. The molecule has 6 heteroatoms. The van der Waals surface area contributed by atoms with Crippen LogP contribution in [0.2, 0.25) is 0 Å². The summed E-state index contributed by atoms with van der Waals surface area (Å²) < 4.78 is 13.7. The van der Waals surface area contributed by atoms with Crippen molar-refractivity contribution in [2.24, 2.45) is 5.92 Å². The summed E-state index contributed by atoms with van der Waals surface area (Å²) in [5.74, 6) is -0.174. The Hall–Kier alpha value is -1.69. The number of nitrogens with zero attached hydrogens (tertiary/aromatic N) is 2. The summed E-state index contributed by atoms with van der Waals surface area (Å²) in [6.45, 7) is 6.09. The van der Waals surface area contributed by atoms with Crippen molar-refractivity contribution in [3.63, 3.8) is 0 Å². The molecule has 1 aromatic rings. The second-order valence-corrected chi connectivity index (χ2v) is 5.77. The van der Waals surface area contributed by atoms with E-state index in [0.717, 1.165) is 25.7 Å². The molecule has 0 aliphatic carbocycles. The highest BCUT2D eigenvalue weighted by atomic mass is 19.1. The van der Waals surface area contributed by atoms with Crippen LogP contribution in [0.3, 0.4) is 0 Å². The van der Waals surface area contributed by atoms with E-state index >= 15 is 0 Å². The Morgan fingerprint density at radius 3 is 2.71 bits per heavy atom. The number of hydrogen-bond donors (Lipinski definition) is 1. The molecule has 5 nitrogen and oxygen atoms in total.